The number of thiophene rings is 1. The summed E-state index contributed by atoms with van der Waals surface area (Å²) in [6.07, 6.45) is -0.0617. The summed E-state index contributed by atoms with van der Waals surface area (Å²) in [6.45, 7) is 0. The average molecular weight is 343 g/mol. The molecule has 1 fully saturated rings. The Labute approximate surface area is 133 Å². The highest BCUT2D eigenvalue weighted by molar-refractivity contribution is 7.21. The Morgan fingerprint density at radius 3 is 2.71 bits per heavy atom. The number of benzene rings is 1. The molecule has 0 bridgehead atoms. The number of amides is 3. The lowest BCUT2D eigenvalue weighted by Gasteiger charge is -2.07. The summed E-state index contributed by atoms with van der Waals surface area (Å²) in [6, 6.07) is 4.40. The Bertz CT molecular complexity index is 787. The number of nitrogens with one attached hydrogen (secondary N) is 2. The zero-order valence-corrected chi connectivity index (χ0v) is 12.7. The van der Waals surface area contributed by atoms with E-state index in [0.29, 0.717) is 10.4 Å². The molecular weight excluding hydrogens is 335 g/mol. The van der Waals surface area contributed by atoms with Gasteiger partial charge in [0.05, 0.1) is 16.5 Å². The Hall–Kier alpha value is -1.63. The number of halogens is 2. The lowest BCUT2D eigenvalue weighted by Crippen LogP contribution is -2.39. The second-order valence-electron chi connectivity index (χ2n) is 4.50. The van der Waals surface area contributed by atoms with E-state index >= 15 is 0 Å². The molecule has 0 saturated carbocycles. The van der Waals surface area contributed by atoms with Gasteiger partial charge in [0.15, 0.2) is 0 Å². The van der Waals surface area contributed by atoms with Crippen molar-refractivity contribution in [3.8, 4) is 0 Å². The molecule has 2 heterocycles. The predicted octanol–water partition coefficient (Wildman–Crippen LogP) is 2.35. The first-order chi connectivity index (χ1) is 9.97. The third-order valence-corrected chi connectivity index (χ3v) is 5.05. The summed E-state index contributed by atoms with van der Waals surface area (Å²) in [7, 11) is 0. The highest BCUT2D eigenvalue weighted by Crippen LogP contribution is 2.39. The van der Waals surface area contributed by atoms with Crippen LogP contribution in [0, 0.1) is 0 Å². The molecule has 2 aromatic rings. The molecule has 1 aliphatic heterocycles. The molecule has 108 valence electrons. The SMILES string of the molecule is O=C1CC(NC(=O)c2sc3cccc(Cl)c3c2Cl)C(=O)N1. The average Bonchev–Trinajstić information content (AvgIpc) is 2.91. The first kappa shape index (κ1) is 14.3. The van der Waals surface area contributed by atoms with Gasteiger partial charge in [0.2, 0.25) is 11.8 Å². The molecule has 2 N–H and O–H groups in total. The van der Waals surface area contributed by atoms with Gasteiger partial charge in [0.1, 0.15) is 10.9 Å². The molecule has 1 aromatic heterocycles. The van der Waals surface area contributed by atoms with Crippen molar-refractivity contribution in [3.63, 3.8) is 0 Å². The van der Waals surface area contributed by atoms with E-state index in [1.165, 1.54) is 11.3 Å². The van der Waals surface area contributed by atoms with Gasteiger partial charge < -0.3 is 5.32 Å². The minimum atomic E-state index is -0.859. The second-order valence-corrected chi connectivity index (χ2v) is 6.34. The van der Waals surface area contributed by atoms with Gasteiger partial charge in [-0.3, -0.25) is 19.7 Å². The third-order valence-electron chi connectivity index (χ3n) is 3.09. The normalized spacial score (nSPS) is 18.1. The lowest BCUT2D eigenvalue weighted by atomic mass is 10.2. The summed E-state index contributed by atoms with van der Waals surface area (Å²) >= 11 is 13.5. The van der Waals surface area contributed by atoms with Gasteiger partial charge in [0.25, 0.3) is 5.91 Å². The van der Waals surface area contributed by atoms with Crippen LogP contribution in [0.15, 0.2) is 18.2 Å². The number of carbonyl (C=O) groups excluding carboxylic acids is 3. The highest BCUT2D eigenvalue weighted by atomic mass is 35.5. The Kier molecular flexibility index (Phi) is 3.61. The largest absolute Gasteiger partial charge is 0.339 e. The molecule has 3 rings (SSSR count). The van der Waals surface area contributed by atoms with Crippen LogP contribution in [0.5, 0.6) is 0 Å². The van der Waals surface area contributed by atoms with E-state index in [2.05, 4.69) is 10.6 Å². The molecule has 1 aliphatic rings. The monoisotopic (exact) mass is 342 g/mol. The second kappa shape index (κ2) is 5.29. The summed E-state index contributed by atoms with van der Waals surface area (Å²) in [5.41, 5.74) is 0. The van der Waals surface area contributed by atoms with Gasteiger partial charge in [-0.25, -0.2) is 0 Å². The van der Waals surface area contributed by atoms with E-state index in [0.717, 1.165) is 4.70 Å². The molecule has 0 radical (unpaired) electrons. The molecule has 0 aliphatic carbocycles. The van der Waals surface area contributed by atoms with Crippen molar-refractivity contribution in [2.75, 3.05) is 0 Å². The van der Waals surface area contributed by atoms with Crippen molar-refractivity contribution in [3.05, 3.63) is 33.1 Å². The Morgan fingerprint density at radius 1 is 1.33 bits per heavy atom. The number of fused-ring (bicyclic) bond motifs is 1. The summed E-state index contributed by atoms with van der Waals surface area (Å²) in [5.74, 6) is -1.41. The van der Waals surface area contributed by atoms with Gasteiger partial charge in [-0.05, 0) is 12.1 Å². The zero-order chi connectivity index (χ0) is 15.1. The summed E-state index contributed by atoms with van der Waals surface area (Å²) in [5, 5.41) is 5.96. The summed E-state index contributed by atoms with van der Waals surface area (Å²) < 4.78 is 0.782. The van der Waals surface area contributed by atoms with Crippen molar-refractivity contribution in [2.45, 2.75) is 12.5 Å². The number of imide groups is 1. The first-order valence-corrected chi connectivity index (χ1v) is 7.55. The zero-order valence-electron chi connectivity index (χ0n) is 10.4. The fourth-order valence-electron chi connectivity index (χ4n) is 2.11. The number of hydrogen-bond acceptors (Lipinski definition) is 4. The Morgan fingerprint density at radius 2 is 2.10 bits per heavy atom. The van der Waals surface area contributed by atoms with Crippen LogP contribution in [-0.2, 0) is 9.59 Å². The van der Waals surface area contributed by atoms with Crippen LogP contribution in [0.3, 0.4) is 0 Å². The maximum Gasteiger partial charge on any atom is 0.263 e. The molecule has 1 atom stereocenters. The summed E-state index contributed by atoms with van der Waals surface area (Å²) in [4.78, 5) is 35.1. The van der Waals surface area contributed by atoms with Crippen LogP contribution in [0.25, 0.3) is 10.1 Å². The molecule has 5 nitrogen and oxygen atoms in total. The number of rotatable bonds is 2. The molecule has 1 saturated heterocycles. The maximum atomic E-state index is 12.2. The van der Waals surface area contributed by atoms with E-state index in [-0.39, 0.29) is 16.3 Å². The lowest BCUT2D eigenvalue weighted by molar-refractivity contribution is -0.125. The van der Waals surface area contributed by atoms with Crippen molar-refractivity contribution < 1.29 is 14.4 Å². The maximum absolute atomic E-state index is 12.2. The van der Waals surface area contributed by atoms with Crippen LogP contribution in [-0.4, -0.2) is 23.8 Å². The van der Waals surface area contributed by atoms with E-state index in [1.54, 1.807) is 18.2 Å². The van der Waals surface area contributed by atoms with Crippen LogP contribution >= 0.6 is 34.5 Å². The fourth-order valence-corrected chi connectivity index (χ4v) is 3.97. The van der Waals surface area contributed by atoms with Gasteiger partial charge in [0, 0.05) is 10.1 Å². The topological polar surface area (TPSA) is 75.3 Å². The van der Waals surface area contributed by atoms with Gasteiger partial charge in [-0.2, -0.15) is 0 Å². The standard InChI is InChI=1S/C13H8Cl2N2O3S/c14-5-2-1-3-7-9(5)10(15)11(21-7)13(20)16-6-4-8(18)17-12(6)19/h1-3,6H,4H2,(H,16,20)(H,17,18,19). The van der Waals surface area contributed by atoms with Crippen LogP contribution < -0.4 is 10.6 Å². The van der Waals surface area contributed by atoms with Gasteiger partial charge in [-0.1, -0.05) is 29.3 Å². The third kappa shape index (κ3) is 2.50. The van der Waals surface area contributed by atoms with Crippen LogP contribution in [0.2, 0.25) is 10.0 Å². The number of hydrogen-bond donors (Lipinski definition) is 2. The van der Waals surface area contributed by atoms with Crippen LogP contribution in [0.4, 0.5) is 0 Å². The fraction of sp³-hybridized carbons (Fsp3) is 0.154. The smallest absolute Gasteiger partial charge is 0.263 e. The van der Waals surface area contributed by atoms with Crippen molar-refractivity contribution in [1.82, 2.24) is 10.6 Å². The first-order valence-electron chi connectivity index (χ1n) is 5.98. The molecule has 3 amide bonds. The molecule has 1 unspecified atom stereocenters. The molecule has 1 aromatic carbocycles. The molecular formula is C13H8Cl2N2O3S. The minimum Gasteiger partial charge on any atom is -0.339 e. The van der Waals surface area contributed by atoms with E-state index in [1.807, 2.05) is 0 Å². The van der Waals surface area contributed by atoms with E-state index in [4.69, 9.17) is 23.2 Å². The molecule has 8 heteroatoms. The van der Waals surface area contributed by atoms with Crippen molar-refractivity contribution >= 4 is 62.3 Å². The predicted molar refractivity (Wildman–Crippen MR) is 80.9 cm³/mol. The van der Waals surface area contributed by atoms with E-state index < -0.39 is 23.8 Å². The van der Waals surface area contributed by atoms with Gasteiger partial charge >= 0.3 is 0 Å². The van der Waals surface area contributed by atoms with Crippen molar-refractivity contribution in [2.24, 2.45) is 0 Å². The Balaban J connectivity index is 1.92. The molecule has 21 heavy (non-hydrogen) atoms. The quantitative estimate of drug-likeness (QED) is 0.822. The molecule has 0 spiro atoms. The highest BCUT2D eigenvalue weighted by Gasteiger charge is 2.32. The van der Waals surface area contributed by atoms with E-state index in [9.17, 15) is 14.4 Å². The van der Waals surface area contributed by atoms with Crippen molar-refractivity contribution in [1.29, 1.82) is 0 Å². The number of carbonyl (C=O) groups is 3. The van der Waals surface area contributed by atoms with Crippen LogP contribution in [0.1, 0.15) is 16.1 Å². The van der Waals surface area contributed by atoms with Gasteiger partial charge in [-0.15, -0.1) is 11.3 Å². The minimum absolute atomic E-state index is 0.0617.